The molecule has 2 heterocycles. The van der Waals surface area contributed by atoms with Crippen molar-refractivity contribution in [3.8, 4) is 5.75 Å². The number of ether oxygens (including phenoxy) is 1. The van der Waals surface area contributed by atoms with Crippen LogP contribution < -0.4 is 20.1 Å². The number of carboxylic acid groups (broad SMARTS) is 1. The Morgan fingerprint density at radius 2 is 2.06 bits per heavy atom. The summed E-state index contributed by atoms with van der Waals surface area (Å²) in [4.78, 5) is 24.9. The van der Waals surface area contributed by atoms with E-state index in [1.54, 1.807) is 18.2 Å². The Morgan fingerprint density at radius 1 is 1.24 bits per heavy atom. The van der Waals surface area contributed by atoms with Crippen LogP contribution in [0.3, 0.4) is 0 Å². The van der Waals surface area contributed by atoms with E-state index in [-0.39, 0.29) is 22.8 Å². The lowest BCUT2D eigenvalue weighted by Gasteiger charge is -2.35. The van der Waals surface area contributed by atoms with Crippen LogP contribution in [0.1, 0.15) is 36.6 Å². The van der Waals surface area contributed by atoms with Crippen LogP contribution in [-0.2, 0) is 16.4 Å². The fraction of sp³-hybridized carbons (Fsp3) is 0.318. The fourth-order valence-electron chi connectivity index (χ4n) is 4.03. The highest BCUT2D eigenvalue weighted by atomic mass is 32.2. The molecule has 0 unspecified atom stereocenters. The Morgan fingerprint density at radius 3 is 2.76 bits per heavy atom. The van der Waals surface area contributed by atoms with Gasteiger partial charge in [0, 0.05) is 12.1 Å². The second kappa shape index (κ2) is 8.52. The third-order valence-electron chi connectivity index (χ3n) is 5.83. The van der Waals surface area contributed by atoms with Crippen LogP contribution in [0.4, 0.5) is 16.2 Å². The van der Waals surface area contributed by atoms with Crippen LogP contribution in [0.2, 0.25) is 0 Å². The van der Waals surface area contributed by atoms with E-state index in [9.17, 15) is 18.0 Å². The highest BCUT2D eigenvalue weighted by Crippen LogP contribution is 2.42. The normalized spacial score (nSPS) is 17.6. The Balaban J connectivity index is 1.49. The van der Waals surface area contributed by atoms with E-state index in [0.717, 1.165) is 18.4 Å². The van der Waals surface area contributed by atoms with Crippen molar-refractivity contribution in [1.29, 1.82) is 0 Å². The van der Waals surface area contributed by atoms with Crippen LogP contribution in [0, 0.1) is 0 Å². The summed E-state index contributed by atoms with van der Waals surface area (Å²) in [7, 11) is -3.97. The van der Waals surface area contributed by atoms with E-state index >= 15 is 0 Å². The third kappa shape index (κ3) is 4.49. The summed E-state index contributed by atoms with van der Waals surface area (Å²) >= 11 is 0. The van der Waals surface area contributed by atoms with Crippen LogP contribution in [0.15, 0.2) is 56.7 Å². The van der Waals surface area contributed by atoms with Gasteiger partial charge in [0.1, 0.15) is 11.9 Å². The molecule has 1 aliphatic heterocycles. The highest BCUT2D eigenvalue weighted by molar-refractivity contribution is 7.92. The molecule has 1 saturated carbocycles. The van der Waals surface area contributed by atoms with Crippen molar-refractivity contribution in [2.24, 2.45) is 0 Å². The van der Waals surface area contributed by atoms with E-state index in [1.807, 2.05) is 6.07 Å². The quantitative estimate of drug-likeness (QED) is 0.460. The van der Waals surface area contributed by atoms with Crippen molar-refractivity contribution in [3.63, 3.8) is 0 Å². The standard InChI is InChI=1S/C22H22N4O7S/c27-21(28)23-15-6-8-19-18(11-15)26(12-16(32-19)7-9-20-24-22(29)33-25-20)34(30,31)17-3-1-2-14(10-17)13-4-5-13/h1-3,6,8,10-11,13,16,23H,4-5,7,9,12H2,(H,27,28)(H,24,25,29)/t16-/m0/s1. The molecule has 1 aromatic heterocycles. The highest BCUT2D eigenvalue weighted by Gasteiger charge is 2.35. The number of nitrogens with one attached hydrogen (secondary N) is 2. The van der Waals surface area contributed by atoms with Crippen molar-refractivity contribution in [2.45, 2.75) is 42.6 Å². The maximum Gasteiger partial charge on any atom is 0.438 e. The molecule has 0 spiro atoms. The second-order valence-corrected chi connectivity index (χ2v) is 10.2. The van der Waals surface area contributed by atoms with E-state index in [0.29, 0.717) is 30.3 Å². The summed E-state index contributed by atoms with van der Waals surface area (Å²) in [5.74, 6) is 0.369. The topological polar surface area (TPSA) is 155 Å². The van der Waals surface area contributed by atoms with Gasteiger partial charge in [0.25, 0.3) is 10.0 Å². The Bertz CT molecular complexity index is 1390. The Kier molecular flexibility index (Phi) is 5.52. The van der Waals surface area contributed by atoms with Gasteiger partial charge >= 0.3 is 11.8 Å². The number of aryl methyl sites for hydroxylation is 1. The minimum absolute atomic E-state index is 0.00159. The summed E-state index contributed by atoms with van der Waals surface area (Å²) in [5, 5.41) is 15.0. The van der Waals surface area contributed by atoms with Crippen LogP contribution in [0.5, 0.6) is 5.75 Å². The molecular formula is C22H22N4O7S. The number of carbonyl (C=O) groups is 1. The number of benzene rings is 2. The van der Waals surface area contributed by atoms with Gasteiger partial charge in [-0.15, -0.1) is 0 Å². The molecule has 3 N–H and O–H groups in total. The van der Waals surface area contributed by atoms with Gasteiger partial charge in [0.2, 0.25) is 0 Å². The Labute approximate surface area is 194 Å². The van der Waals surface area contributed by atoms with Crippen LogP contribution in [-0.4, -0.2) is 42.4 Å². The lowest BCUT2D eigenvalue weighted by atomic mass is 10.1. The minimum Gasteiger partial charge on any atom is -0.486 e. The number of nitrogens with zero attached hydrogens (tertiary/aromatic N) is 2. The van der Waals surface area contributed by atoms with Gasteiger partial charge in [-0.2, -0.15) is 0 Å². The maximum atomic E-state index is 13.8. The van der Waals surface area contributed by atoms with Gasteiger partial charge in [-0.25, -0.2) is 18.0 Å². The number of H-pyrrole nitrogens is 1. The number of anilines is 2. The number of rotatable bonds is 7. The lowest BCUT2D eigenvalue weighted by Crippen LogP contribution is -2.43. The van der Waals surface area contributed by atoms with E-state index in [1.165, 1.54) is 22.5 Å². The molecular weight excluding hydrogens is 464 g/mol. The lowest BCUT2D eigenvalue weighted by molar-refractivity contribution is 0.189. The van der Waals surface area contributed by atoms with Crippen LogP contribution in [0.25, 0.3) is 0 Å². The van der Waals surface area contributed by atoms with E-state index in [4.69, 9.17) is 9.84 Å². The molecule has 1 amide bonds. The average molecular weight is 487 g/mol. The summed E-state index contributed by atoms with van der Waals surface area (Å²) in [6.07, 6.45) is 0.969. The van der Waals surface area contributed by atoms with Gasteiger partial charge in [0.05, 0.1) is 17.1 Å². The first kappa shape index (κ1) is 22.0. The number of aromatic amines is 1. The zero-order chi connectivity index (χ0) is 23.9. The Hall–Kier alpha value is -3.80. The van der Waals surface area contributed by atoms with Gasteiger partial charge in [0.15, 0.2) is 5.82 Å². The molecule has 1 fully saturated rings. The number of hydrogen-bond acceptors (Lipinski definition) is 7. The molecule has 11 nitrogen and oxygen atoms in total. The average Bonchev–Trinajstić information content (AvgIpc) is 3.58. The molecule has 3 aromatic rings. The first-order valence-electron chi connectivity index (χ1n) is 10.8. The second-order valence-electron chi connectivity index (χ2n) is 8.32. The summed E-state index contributed by atoms with van der Waals surface area (Å²) < 4.78 is 39.3. The monoisotopic (exact) mass is 486 g/mol. The SMILES string of the molecule is O=C(O)Nc1ccc2c(c1)N(S(=O)(=O)c1cccc(C3CC3)c1)C[C@H](CCc1noc(=O)[nH]1)O2. The van der Waals surface area contributed by atoms with Crippen molar-refractivity contribution < 1.29 is 27.6 Å². The molecule has 178 valence electrons. The van der Waals surface area contributed by atoms with Gasteiger partial charge in [-0.3, -0.25) is 19.1 Å². The largest absolute Gasteiger partial charge is 0.486 e. The molecule has 0 radical (unpaired) electrons. The zero-order valence-corrected chi connectivity index (χ0v) is 18.7. The van der Waals surface area contributed by atoms with E-state index in [2.05, 4.69) is 20.0 Å². The molecule has 5 rings (SSSR count). The molecule has 34 heavy (non-hydrogen) atoms. The minimum atomic E-state index is -3.97. The van der Waals surface area contributed by atoms with Crippen molar-refractivity contribution >= 4 is 27.5 Å². The zero-order valence-electron chi connectivity index (χ0n) is 17.9. The number of hydrogen-bond donors (Lipinski definition) is 3. The maximum absolute atomic E-state index is 13.8. The summed E-state index contributed by atoms with van der Waals surface area (Å²) in [5.41, 5.74) is 1.46. The van der Waals surface area contributed by atoms with Gasteiger partial charge in [-0.05, 0) is 61.1 Å². The number of aromatic nitrogens is 2. The van der Waals surface area contributed by atoms with Gasteiger partial charge in [-0.1, -0.05) is 17.3 Å². The molecule has 2 aromatic carbocycles. The van der Waals surface area contributed by atoms with Crippen molar-refractivity contribution in [2.75, 3.05) is 16.2 Å². The van der Waals surface area contributed by atoms with Crippen LogP contribution >= 0.6 is 0 Å². The molecule has 1 aliphatic carbocycles. The fourth-order valence-corrected chi connectivity index (χ4v) is 5.58. The first-order chi connectivity index (χ1) is 16.3. The summed E-state index contributed by atoms with van der Waals surface area (Å²) in [6, 6.07) is 11.4. The number of amides is 1. The molecule has 0 saturated heterocycles. The smallest absolute Gasteiger partial charge is 0.438 e. The molecule has 1 atom stereocenters. The third-order valence-corrected chi connectivity index (χ3v) is 7.60. The molecule has 0 bridgehead atoms. The van der Waals surface area contributed by atoms with Gasteiger partial charge < -0.3 is 9.84 Å². The number of fused-ring (bicyclic) bond motifs is 1. The predicted octanol–water partition coefficient (Wildman–Crippen LogP) is 2.92. The summed E-state index contributed by atoms with van der Waals surface area (Å²) in [6.45, 7) is 0.00159. The predicted molar refractivity (Wildman–Crippen MR) is 121 cm³/mol. The van der Waals surface area contributed by atoms with Crippen molar-refractivity contribution in [1.82, 2.24) is 10.1 Å². The van der Waals surface area contributed by atoms with Crippen molar-refractivity contribution in [3.05, 3.63) is 64.4 Å². The van der Waals surface area contributed by atoms with E-state index < -0.39 is 28.0 Å². The number of sulfonamides is 1. The molecule has 2 aliphatic rings. The molecule has 12 heteroatoms. The first-order valence-corrected chi connectivity index (χ1v) is 12.2.